The highest BCUT2D eigenvalue weighted by Gasteiger charge is 2.14. The molecular weight excluding hydrogens is 257 g/mol. The minimum absolute atomic E-state index is 0.000797. The van der Waals surface area contributed by atoms with E-state index in [0.717, 1.165) is 6.42 Å². The Labute approximate surface area is 109 Å². The third-order valence-corrected chi connectivity index (χ3v) is 2.91. The van der Waals surface area contributed by atoms with Gasteiger partial charge in [0.05, 0.1) is 10.6 Å². The number of hydrogen-bond acceptors (Lipinski definition) is 4. The number of aromatic nitrogens is 2. The highest BCUT2D eigenvalue weighted by atomic mass is 35.5. The molecule has 2 rings (SSSR count). The molecule has 1 aromatic heterocycles. The van der Waals surface area contributed by atoms with Crippen molar-refractivity contribution in [1.29, 1.82) is 0 Å². The smallest absolute Gasteiger partial charge is 0.259 e. The summed E-state index contributed by atoms with van der Waals surface area (Å²) >= 11 is 5.91. The molecule has 0 amide bonds. The Bertz CT molecular complexity index is 544. The summed E-state index contributed by atoms with van der Waals surface area (Å²) < 4.78 is 18.0. The highest BCUT2D eigenvalue weighted by Crippen LogP contribution is 2.27. The van der Waals surface area contributed by atoms with Crippen LogP contribution in [0.4, 0.5) is 4.39 Å². The van der Waals surface area contributed by atoms with Gasteiger partial charge in [0.15, 0.2) is 5.82 Å². The van der Waals surface area contributed by atoms with Crippen LogP contribution in [-0.4, -0.2) is 16.2 Å². The molecule has 1 unspecified atom stereocenters. The molecule has 0 aliphatic rings. The number of hydrogen-bond donors (Lipinski definition) is 1. The van der Waals surface area contributed by atoms with Gasteiger partial charge in [0.25, 0.3) is 5.89 Å². The highest BCUT2D eigenvalue weighted by molar-refractivity contribution is 6.33. The molecule has 1 atom stereocenters. The summed E-state index contributed by atoms with van der Waals surface area (Å²) in [5, 5.41) is 4.07. The fourth-order valence-corrected chi connectivity index (χ4v) is 1.74. The summed E-state index contributed by atoms with van der Waals surface area (Å²) in [6.07, 6.45) is 1.37. The molecule has 0 bridgehead atoms. The molecule has 0 spiro atoms. The minimum Gasteiger partial charge on any atom is -0.334 e. The normalized spacial score (nSPS) is 12.7. The van der Waals surface area contributed by atoms with E-state index >= 15 is 0 Å². The van der Waals surface area contributed by atoms with Crippen LogP contribution in [0.2, 0.25) is 5.02 Å². The number of rotatable bonds is 4. The Balaban J connectivity index is 2.24. The molecule has 4 nitrogen and oxygen atoms in total. The molecule has 1 aromatic carbocycles. The molecular formula is C12H13ClFN3O. The lowest BCUT2D eigenvalue weighted by atomic mass is 10.1. The van der Waals surface area contributed by atoms with E-state index in [2.05, 4.69) is 10.1 Å². The average Bonchev–Trinajstić information content (AvgIpc) is 2.77. The van der Waals surface area contributed by atoms with Gasteiger partial charge >= 0.3 is 0 Å². The maximum atomic E-state index is 12.9. The van der Waals surface area contributed by atoms with Crippen molar-refractivity contribution in [2.45, 2.75) is 25.8 Å². The number of benzene rings is 1. The van der Waals surface area contributed by atoms with Crippen LogP contribution in [0.5, 0.6) is 0 Å². The molecule has 2 N–H and O–H groups in total. The molecule has 0 saturated heterocycles. The molecule has 96 valence electrons. The van der Waals surface area contributed by atoms with Gasteiger partial charge in [-0.15, -0.1) is 0 Å². The Kier molecular flexibility index (Phi) is 3.93. The van der Waals surface area contributed by atoms with E-state index in [9.17, 15) is 4.39 Å². The fourth-order valence-electron chi connectivity index (χ4n) is 1.49. The molecule has 0 aliphatic carbocycles. The van der Waals surface area contributed by atoms with Crippen LogP contribution >= 0.6 is 11.6 Å². The van der Waals surface area contributed by atoms with Gasteiger partial charge in [-0.05, 0) is 24.6 Å². The van der Waals surface area contributed by atoms with Crippen LogP contribution in [0.1, 0.15) is 19.2 Å². The quantitative estimate of drug-likeness (QED) is 0.927. The summed E-state index contributed by atoms with van der Waals surface area (Å²) in [4.78, 5) is 4.19. The predicted molar refractivity (Wildman–Crippen MR) is 66.7 cm³/mol. The first kappa shape index (κ1) is 13.0. The third-order valence-electron chi connectivity index (χ3n) is 2.60. The largest absolute Gasteiger partial charge is 0.334 e. The van der Waals surface area contributed by atoms with Crippen LogP contribution in [-0.2, 0) is 6.42 Å². The van der Waals surface area contributed by atoms with Crippen molar-refractivity contribution < 1.29 is 8.91 Å². The van der Waals surface area contributed by atoms with E-state index < -0.39 is 5.82 Å². The minimum atomic E-state index is -0.406. The second-order valence-electron chi connectivity index (χ2n) is 4.01. The Hall–Kier alpha value is -1.46. The van der Waals surface area contributed by atoms with Crippen molar-refractivity contribution in [2.75, 3.05) is 0 Å². The summed E-state index contributed by atoms with van der Waals surface area (Å²) in [5.41, 5.74) is 6.32. The van der Waals surface area contributed by atoms with E-state index in [1.807, 2.05) is 6.92 Å². The standard InChI is InChI=1S/C12H13ClFN3O/c1-2-8(15)6-11-16-12(18-17-11)9-4-3-7(14)5-10(9)13/h3-5,8H,2,6,15H2,1H3. The lowest BCUT2D eigenvalue weighted by molar-refractivity contribution is 0.419. The van der Waals surface area contributed by atoms with Crippen LogP contribution in [0.25, 0.3) is 11.5 Å². The van der Waals surface area contributed by atoms with Gasteiger partial charge in [-0.3, -0.25) is 0 Å². The molecule has 0 radical (unpaired) electrons. The Morgan fingerprint density at radius 2 is 2.28 bits per heavy atom. The van der Waals surface area contributed by atoms with Crippen molar-refractivity contribution >= 4 is 11.6 Å². The van der Waals surface area contributed by atoms with Gasteiger partial charge in [-0.1, -0.05) is 23.7 Å². The maximum absolute atomic E-state index is 12.9. The zero-order valence-electron chi connectivity index (χ0n) is 9.86. The van der Waals surface area contributed by atoms with E-state index in [-0.39, 0.29) is 17.0 Å². The van der Waals surface area contributed by atoms with Crippen molar-refractivity contribution in [3.63, 3.8) is 0 Å². The number of halogens is 2. The van der Waals surface area contributed by atoms with Crippen LogP contribution in [0, 0.1) is 5.82 Å². The molecule has 0 saturated carbocycles. The lowest BCUT2D eigenvalue weighted by Crippen LogP contribution is -2.21. The zero-order chi connectivity index (χ0) is 13.1. The summed E-state index contributed by atoms with van der Waals surface area (Å²) in [5.74, 6) is 0.398. The maximum Gasteiger partial charge on any atom is 0.259 e. The number of nitrogens with two attached hydrogens (primary N) is 1. The zero-order valence-corrected chi connectivity index (χ0v) is 10.6. The second-order valence-corrected chi connectivity index (χ2v) is 4.42. The molecule has 6 heteroatoms. The van der Waals surface area contributed by atoms with E-state index in [4.69, 9.17) is 21.9 Å². The van der Waals surface area contributed by atoms with E-state index in [0.29, 0.717) is 17.8 Å². The summed E-state index contributed by atoms with van der Waals surface area (Å²) in [6.45, 7) is 1.99. The molecule has 1 heterocycles. The van der Waals surface area contributed by atoms with Gasteiger partial charge in [0.1, 0.15) is 5.82 Å². The van der Waals surface area contributed by atoms with Crippen LogP contribution < -0.4 is 5.73 Å². The van der Waals surface area contributed by atoms with Gasteiger partial charge in [-0.2, -0.15) is 4.98 Å². The Morgan fingerprint density at radius 1 is 1.50 bits per heavy atom. The van der Waals surface area contributed by atoms with Crippen molar-refractivity contribution in [3.8, 4) is 11.5 Å². The third kappa shape index (κ3) is 2.86. The lowest BCUT2D eigenvalue weighted by Gasteiger charge is -2.02. The topological polar surface area (TPSA) is 64.9 Å². The molecule has 2 aromatic rings. The average molecular weight is 270 g/mol. The first-order valence-corrected chi connectivity index (χ1v) is 6.01. The van der Waals surface area contributed by atoms with Crippen molar-refractivity contribution in [1.82, 2.24) is 10.1 Å². The summed E-state index contributed by atoms with van der Waals surface area (Å²) in [7, 11) is 0. The Morgan fingerprint density at radius 3 is 2.94 bits per heavy atom. The molecule has 0 fully saturated rings. The predicted octanol–water partition coefficient (Wildman–Crippen LogP) is 2.81. The second kappa shape index (κ2) is 5.46. The van der Waals surface area contributed by atoms with Gasteiger partial charge in [-0.25, -0.2) is 4.39 Å². The molecule has 0 aliphatic heterocycles. The molecule has 18 heavy (non-hydrogen) atoms. The van der Waals surface area contributed by atoms with Crippen molar-refractivity contribution in [2.24, 2.45) is 5.73 Å². The van der Waals surface area contributed by atoms with Crippen LogP contribution in [0.15, 0.2) is 22.7 Å². The monoisotopic (exact) mass is 269 g/mol. The van der Waals surface area contributed by atoms with Gasteiger partial charge in [0, 0.05) is 12.5 Å². The fraction of sp³-hybridized carbons (Fsp3) is 0.333. The summed E-state index contributed by atoms with van der Waals surface area (Å²) in [6, 6.07) is 4.01. The van der Waals surface area contributed by atoms with Crippen molar-refractivity contribution in [3.05, 3.63) is 34.9 Å². The number of nitrogens with zero attached hydrogens (tertiary/aromatic N) is 2. The first-order chi connectivity index (χ1) is 8.60. The van der Waals surface area contributed by atoms with E-state index in [1.54, 1.807) is 0 Å². The van der Waals surface area contributed by atoms with Gasteiger partial charge in [0.2, 0.25) is 0 Å². The van der Waals surface area contributed by atoms with E-state index in [1.165, 1.54) is 18.2 Å². The first-order valence-electron chi connectivity index (χ1n) is 5.63. The van der Waals surface area contributed by atoms with Gasteiger partial charge < -0.3 is 10.3 Å². The van der Waals surface area contributed by atoms with Crippen LogP contribution in [0.3, 0.4) is 0 Å². The SMILES string of the molecule is CCC(N)Cc1noc(-c2ccc(F)cc2Cl)n1.